The van der Waals surface area contributed by atoms with E-state index in [9.17, 15) is 27.6 Å². The summed E-state index contributed by atoms with van der Waals surface area (Å²) in [7, 11) is 0. The first-order valence-corrected chi connectivity index (χ1v) is 9.19. The van der Waals surface area contributed by atoms with Crippen molar-refractivity contribution < 1.29 is 27.6 Å². The van der Waals surface area contributed by atoms with Crippen molar-refractivity contribution in [3.05, 3.63) is 28.8 Å². The van der Waals surface area contributed by atoms with E-state index < -0.39 is 51.9 Å². The molecular weight excluding hydrogens is 397 g/mol. The number of anilines is 1. The summed E-state index contributed by atoms with van der Waals surface area (Å²) in [5.41, 5.74) is -2.46. The minimum Gasteiger partial charge on any atom is -0.325 e. The maximum Gasteiger partial charge on any atom is 0.417 e. The van der Waals surface area contributed by atoms with E-state index in [2.05, 4.69) is 5.32 Å². The normalized spacial score (nSPS) is 26.5. The van der Waals surface area contributed by atoms with Gasteiger partial charge in [0.2, 0.25) is 17.7 Å². The Morgan fingerprint density at radius 2 is 1.93 bits per heavy atom. The molecule has 1 aliphatic carbocycles. The summed E-state index contributed by atoms with van der Waals surface area (Å²) in [6.07, 6.45) is -3.55. The van der Waals surface area contributed by atoms with Gasteiger partial charge in [-0.2, -0.15) is 13.2 Å². The fourth-order valence-electron chi connectivity index (χ4n) is 4.22. The third-order valence-corrected chi connectivity index (χ3v) is 6.69. The largest absolute Gasteiger partial charge is 0.417 e. The number of carbonyl (C=O) groups is 3. The monoisotopic (exact) mass is 416 g/mol. The number of imide groups is 1. The zero-order chi connectivity index (χ0) is 21.1. The molecule has 1 aliphatic heterocycles. The number of fused-ring (bicyclic) bond motifs is 2. The van der Waals surface area contributed by atoms with Crippen LogP contribution in [0.5, 0.6) is 0 Å². The molecule has 1 aromatic carbocycles. The van der Waals surface area contributed by atoms with Crippen LogP contribution in [0.15, 0.2) is 18.2 Å². The summed E-state index contributed by atoms with van der Waals surface area (Å²) >= 11 is 5.56. The number of piperidine rings is 1. The van der Waals surface area contributed by atoms with Gasteiger partial charge in [0, 0.05) is 11.6 Å². The van der Waals surface area contributed by atoms with Crippen LogP contribution in [-0.2, 0) is 20.6 Å². The first-order chi connectivity index (χ1) is 12.8. The molecule has 3 rings (SSSR count). The summed E-state index contributed by atoms with van der Waals surface area (Å²) in [5.74, 6) is -1.94. The lowest BCUT2D eigenvalue weighted by Gasteiger charge is -2.47. The molecule has 3 amide bonds. The standard InChI is InChI=1S/C19H20ClF3N2O3/c1-17(2)11-6-7-18(17,3)16(28)25(15(11)27)9-14(26)24-10-4-5-13(20)12(8-10)19(21,22)23/h4-5,8,11H,6-7,9H2,1-3H3,(H,24,26). The SMILES string of the molecule is CC12CCC(C(=O)N(CC(=O)Nc3ccc(Cl)c(C(F)(F)F)c3)C1=O)C2(C)C. The minimum absolute atomic E-state index is 0.117. The highest BCUT2D eigenvalue weighted by molar-refractivity contribution is 6.31. The molecule has 28 heavy (non-hydrogen) atoms. The first-order valence-electron chi connectivity index (χ1n) is 8.81. The quantitative estimate of drug-likeness (QED) is 0.754. The third kappa shape index (κ3) is 3.07. The Morgan fingerprint density at radius 3 is 2.54 bits per heavy atom. The molecule has 9 heteroatoms. The van der Waals surface area contributed by atoms with Crippen LogP contribution in [0.25, 0.3) is 0 Å². The lowest BCUT2D eigenvalue weighted by Crippen LogP contribution is -2.60. The highest BCUT2D eigenvalue weighted by Gasteiger charge is 2.64. The van der Waals surface area contributed by atoms with Crippen LogP contribution in [0.1, 0.15) is 39.2 Å². The number of nitrogens with one attached hydrogen (secondary N) is 1. The average molecular weight is 417 g/mol. The van der Waals surface area contributed by atoms with Crippen molar-refractivity contribution in [3.63, 3.8) is 0 Å². The first kappa shape index (κ1) is 20.6. The van der Waals surface area contributed by atoms with Gasteiger partial charge >= 0.3 is 6.18 Å². The van der Waals surface area contributed by atoms with Crippen LogP contribution in [0.2, 0.25) is 5.02 Å². The smallest absolute Gasteiger partial charge is 0.325 e. The van der Waals surface area contributed by atoms with Gasteiger partial charge in [0.05, 0.1) is 16.0 Å². The van der Waals surface area contributed by atoms with Gasteiger partial charge < -0.3 is 5.32 Å². The predicted molar refractivity (Wildman–Crippen MR) is 96.4 cm³/mol. The second-order valence-corrected chi connectivity index (χ2v) is 8.52. The second kappa shape index (κ2) is 6.47. The van der Waals surface area contributed by atoms with Crippen molar-refractivity contribution in [1.82, 2.24) is 4.90 Å². The zero-order valence-electron chi connectivity index (χ0n) is 15.6. The molecule has 1 saturated carbocycles. The molecule has 0 aromatic heterocycles. The Labute approximate surface area is 165 Å². The number of likely N-dealkylation sites (tertiary alicyclic amines) is 1. The Hall–Kier alpha value is -2.09. The average Bonchev–Trinajstić information content (AvgIpc) is 2.77. The molecule has 5 nitrogen and oxygen atoms in total. The number of hydrogen-bond acceptors (Lipinski definition) is 3. The maximum atomic E-state index is 13.0. The van der Waals surface area contributed by atoms with E-state index in [1.165, 1.54) is 6.07 Å². The fraction of sp³-hybridized carbons (Fsp3) is 0.526. The Kier molecular flexibility index (Phi) is 4.77. The van der Waals surface area contributed by atoms with Crippen molar-refractivity contribution in [2.45, 2.75) is 39.8 Å². The van der Waals surface area contributed by atoms with Gasteiger partial charge in [-0.1, -0.05) is 32.4 Å². The fourth-order valence-corrected chi connectivity index (χ4v) is 4.44. The van der Waals surface area contributed by atoms with Crippen LogP contribution in [0.4, 0.5) is 18.9 Å². The van der Waals surface area contributed by atoms with E-state index in [0.717, 1.165) is 11.0 Å². The Morgan fingerprint density at radius 1 is 1.29 bits per heavy atom. The van der Waals surface area contributed by atoms with Crippen molar-refractivity contribution in [3.8, 4) is 0 Å². The molecule has 1 heterocycles. The molecule has 2 atom stereocenters. The van der Waals surface area contributed by atoms with Gasteiger partial charge in [-0.15, -0.1) is 0 Å². The molecule has 1 aromatic rings. The van der Waals surface area contributed by atoms with Crippen LogP contribution in [0, 0.1) is 16.7 Å². The van der Waals surface area contributed by atoms with Crippen molar-refractivity contribution in [1.29, 1.82) is 0 Å². The maximum absolute atomic E-state index is 13.0. The van der Waals surface area contributed by atoms with Gasteiger partial charge in [0.15, 0.2) is 0 Å². The highest BCUT2D eigenvalue weighted by Crippen LogP contribution is 2.59. The summed E-state index contributed by atoms with van der Waals surface area (Å²) < 4.78 is 38.9. The molecule has 2 aliphatic rings. The Balaban J connectivity index is 1.78. The van der Waals surface area contributed by atoms with Gasteiger partial charge in [0.1, 0.15) is 6.54 Å². The predicted octanol–water partition coefficient (Wildman–Crippen LogP) is 4.11. The van der Waals surface area contributed by atoms with Crippen molar-refractivity contribution >= 4 is 35.0 Å². The second-order valence-electron chi connectivity index (χ2n) is 8.12. The van der Waals surface area contributed by atoms with E-state index in [0.29, 0.717) is 18.9 Å². The zero-order valence-corrected chi connectivity index (χ0v) is 16.4. The van der Waals surface area contributed by atoms with Crippen molar-refractivity contribution in [2.24, 2.45) is 16.7 Å². The van der Waals surface area contributed by atoms with Crippen LogP contribution in [-0.4, -0.2) is 29.2 Å². The van der Waals surface area contributed by atoms with Crippen LogP contribution < -0.4 is 5.32 Å². The minimum atomic E-state index is -4.67. The van der Waals surface area contributed by atoms with Crippen LogP contribution >= 0.6 is 11.6 Å². The number of hydrogen-bond donors (Lipinski definition) is 1. The molecule has 2 bridgehead atoms. The number of rotatable bonds is 3. The molecule has 152 valence electrons. The van der Waals surface area contributed by atoms with Gasteiger partial charge in [-0.25, -0.2) is 0 Å². The molecular formula is C19H20ClF3N2O3. The van der Waals surface area contributed by atoms with E-state index in [-0.39, 0.29) is 11.6 Å². The number of benzene rings is 1. The van der Waals surface area contributed by atoms with E-state index in [1.54, 1.807) is 6.92 Å². The summed E-state index contributed by atoms with van der Waals surface area (Å²) in [6, 6.07) is 2.97. The van der Waals surface area contributed by atoms with Gasteiger partial charge in [-0.3, -0.25) is 19.3 Å². The summed E-state index contributed by atoms with van der Waals surface area (Å²) in [5, 5.41) is 1.82. The lowest BCUT2D eigenvalue weighted by atomic mass is 9.62. The highest BCUT2D eigenvalue weighted by atomic mass is 35.5. The molecule has 0 radical (unpaired) electrons. The number of halogens is 4. The molecule has 1 saturated heterocycles. The summed E-state index contributed by atoms with van der Waals surface area (Å²) in [4.78, 5) is 38.9. The number of nitrogens with zero attached hydrogens (tertiary/aromatic N) is 1. The molecule has 1 N–H and O–H groups in total. The molecule has 2 unspecified atom stereocenters. The van der Waals surface area contributed by atoms with Gasteiger partial charge in [-0.05, 0) is 36.5 Å². The Bertz CT molecular complexity index is 868. The van der Waals surface area contributed by atoms with E-state index in [1.807, 2.05) is 13.8 Å². The molecule has 2 fully saturated rings. The topological polar surface area (TPSA) is 66.5 Å². The van der Waals surface area contributed by atoms with Gasteiger partial charge in [0.25, 0.3) is 0 Å². The van der Waals surface area contributed by atoms with E-state index in [4.69, 9.17) is 11.6 Å². The number of carbonyl (C=O) groups excluding carboxylic acids is 3. The lowest BCUT2D eigenvalue weighted by molar-refractivity contribution is -0.168. The number of amides is 3. The molecule has 0 spiro atoms. The van der Waals surface area contributed by atoms with E-state index >= 15 is 0 Å². The summed E-state index contributed by atoms with van der Waals surface area (Å²) in [6.45, 7) is 5.01. The van der Waals surface area contributed by atoms with Crippen LogP contribution in [0.3, 0.4) is 0 Å². The number of alkyl halides is 3. The third-order valence-electron chi connectivity index (χ3n) is 6.36. The van der Waals surface area contributed by atoms with Crippen molar-refractivity contribution in [2.75, 3.05) is 11.9 Å².